The molecule has 34 heavy (non-hydrogen) atoms. The van der Waals surface area contributed by atoms with E-state index in [1.165, 1.54) is 0 Å². The first-order chi connectivity index (χ1) is 15.9. The second-order valence-electron chi connectivity index (χ2n) is 6.89. The molecule has 4 N–H and O–H groups in total. The number of ether oxygens (including phenoxy) is 1. The van der Waals surface area contributed by atoms with E-state index >= 15 is 0 Å². The van der Waals surface area contributed by atoms with Crippen molar-refractivity contribution in [3.05, 3.63) is 64.4 Å². The smallest absolute Gasteiger partial charge is 0.416 e. The van der Waals surface area contributed by atoms with Crippen LogP contribution in [-0.2, 0) is 25.3 Å². The van der Waals surface area contributed by atoms with E-state index in [0.29, 0.717) is 6.07 Å². The van der Waals surface area contributed by atoms with Crippen molar-refractivity contribution in [2.45, 2.75) is 25.1 Å². The summed E-state index contributed by atoms with van der Waals surface area (Å²) in [6.45, 7) is -0.926. The normalized spacial score (nSPS) is 11.9. The molecule has 1 unspecified atom stereocenters. The molecule has 0 heterocycles. The van der Waals surface area contributed by atoms with E-state index in [0.717, 1.165) is 36.4 Å². The zero-order valence-electron chi connectivity index (χ0n) is 17.2. The third kappa shape index (κ3) is 8.03. The van der Waals surface area contributed by atoms with Gasteiger partial charge in [0.25, 0.3) is 11.8 Å². The molecule has 0 saturated carbocycles. The minimum Gasteiger partial charge on any atom is -0.454 e. The topological polar surface area (TPSA) is 128 Å². The summed E-state index contributed by atoms with van der Waals surface area (Å²) in [5.41, 5.74) is 3.66. The Bertz CT molecular complexity index is 1080. The molecule has 2 aromatic carbocycles. The minimum atomic E-state index is -4.67. The van der Waals surface area contributed by atoms with Gasteiger partial charge >= 0.3 is 12.1 Å². The first-order valence-electron chi connectivity index (χ1n) is 9.54. The van der Waals surface area contributed by atoms with E-state index in [-0.39, 0.29) is 29.1 Å². The fraction of sp³-hybridized carbons (Fsp3) is 0.238. The second-order valence-corrected chi connectivity index (χ2v) is 7.29. The number of halogens is 5. The van der Waals surface area contributed by atoms with Gasteiger partial charge in [0.15, 0.2) is 6.61 Å². The Morgan fingerprint density at radius 3 is 2.29 bits per heavy atom. The number of hydrogen-bond acceptors (Lipinski definition) is 5. The lowest BCUT2D eigenvalue weighted by Crippen LogP contribution is -2.43. The van der Waals surface area contributed by atoms with Crippen LogP contribution in [0.2, 0.25) is 5.02 Å². The number of hydrogen-bond donors (Lipinski definition) is 3. The molecule has 0 radical (unpaired) electrons. The van der Waals surface area contributed by atoms with Crippen LogP contribution in [0.3, 0.4) is 0 Å². The monoisotopic (exact) mass is 503 g/mol. The summed E-state index contributed by atoms with van der Waals surface area (Å²) >= 11 is 5.80. The Balaban J connectivity index is 2.02. The lowest BCUT2D eigenvalue weighted by Gasteiger charge is -2.17. The van der Waals surface area contributed by atoms with Gasteiger partial charge in [-0.1, -0.05) is 11.6 Å². The lowest BCUT2D eigenvalue weighted by atomic mass is 10.1. The highest BCUT2D eigenvalue weighted by molar-refractivity contribution is 6.33. The van der Waals surface area contributed by atoms with E-state index in [1.54, 1.807) is 0 Å². The van der Waals surface area contributed by atoms with Gasteiger partial charge in [-0.15, -0.1) is 0 Å². The fourth-order valence-electron chi connectivity index (χ4n) is 2.60. The van der Waals surface area contributed by atoms with E-state index in [9.17, 15) is 36.7 Å². The van der Waals surface area contributed by atoms with Crippen LogP contribution >= 0.6 is 11.6 Å². The highest BCUT2D eigenvalue weighted by Gasteiger charge is 2.31. The molecule has 0 aliphatic carbocycles. The minimum absolute atomic E-state index is 0.00945. The Labute approximate surface area is 195 Å². The molecule has 1 atom stereocenters. The quantitative estimate of drug-likeness (QED) is 0.358. The summed E-state index contributed by atoms with van der Waals surface area (Å²) in [6.07, 6.45) is -5.25. The van der Waals surface area contributed by atoms with E-state index in [1.807, 2.05) is 0 Å². The zero-order chi connectivity index (χ0) is 25.5. The molecule has 0 spiro atoms. The highest BCUT2D eigenvalue weighted by Crippen LogP contribution is 2.33. The van der Waals surface area contributed by atoms with Gasteiger partial charge in [-0.2, -0.15) is 13.2 Å². The number of benzene rings is 2. The van der Waals surface area contributed by atoms with Crippen LogP contribution in [0.5, 0.6) is 0 Å². The maximum atomic E-state index is 13.0. The molecule has 0 bridgehead atoms. The van der Waals surface area contributed by atoms with Crippen molar-refractivity contribution in [2.24, 2.45) is 5.73 Å². The predicted molar refractivity (Wildman–Crippen MR) is 112 cm³/mol. The van der Waals surface area contributed by atoms with Crippen LogP contribution in [0, 0.1) is 5.82 Å². The third-order valence-corrected chi connectivity index (χ3v) is 4.62. The van der Waals surface area contributed by atoms with Crippen molar-refractivity contribution < 1.29 is 41.5 Å². The van der Waals surface area contributed by atoms with Gasteiger partial charge in [0.1, 0.15) is 11.9 Å². The van der Waals surface area contributed by atoms with Gasteiger partial charge in [-0.3, -0.25) is 14.4 Å². The van der Waals surface area contributed by atoms with Crippen molar-refractivity contribution >= 4 is 41.0 Å². The van der Waals surface area contributed by atoms with Crippen molar-refractivity contribution in [3.63, 3.8) is 0 Å². The summed E-state index contributed by atoms with van der Waals surface area (Å²) in [4.78, 5) is 47.8. The molecule has 0 fully saturated rings. The van der Waals surface area contributed by atoms with Crippen LogP contribution in [0.15, 0.2) is 42.5 Å². The summed E-state index contributed by atoms with van der Waals surface area (Å²) in [6, 6.07) is 5.25. The Hall–Kier alpha value is -3.67. The molecule has 3 amide bonds. The number of esters is 1. The number of alkyl halides is 3. The molecule has 2 aromatic rings. The number of carbonyl (C=O) groups excluding carboxylic acids is 4. The molecule has 182 valence electrons. The number of primary amides is 1. The SMILES string of the molecule is NC(=O)CCC(NC(=O)c1ccc(F)cc1)C(=O)OCC(=O)Nc1cc(C(F)(F)F)ccc1Cl. The van der Waals surface area contributed by atoms with Gasteiger partial charge in [0.2, 0.25) is 5.91 Å². The Morgan fingerprint density at radius 2 is 1.71 bits per heavy atom. The highest BCUT2D eigenvalue weighted by atomic mass is 35.5. The number of nitrogens with one attached hydrogen (secondary N) is 2. The van der Waals surface area contributed by atoms with Crippen molar-refractivity contribution in [3.8, 4) is 0 Å². The number of nitrogens with two attached hydrogens (primary N) is 1. The molecule has 0 aromatic heterocycles. The van der Waals surface area contributed by atoms with Gasteiger partial charge in [0.05, 0.1) is 16.3 Å². The van der Waals surface area contributed by atoms with Crippen molar-refractivity contribution in [1.29, 1.82) is 0 Å². The Kier molecular flexibility index (Phi) is 8.96. The van der Waals surface area contributed by atoms with Gasteiger partial charge < -0.3 is 21.1 Å². The molecule has 8 nitrogen and oxygen atoms in total. The molecular formula is C21H18ClF4N3O5. The zero-order valence-corrected chi connectivity index (χ0v) is 18.0. The average Bonchev–Trinajstić information content (AvgIpc) is 2.75. The van der Waals surface area contributed by atoms with Crippen molar-refractivity contribution in [2.75, 3.05) is 11.9 Å². The van der Waals surface area contributed by atoms with Gasteiger partial charge in [0, 0.05) is 12.0 Å². The summed E-state index contributed by atoms with van der Waals surface area (Å²) in [5.74, 6) is -4.26. The van der Waals surface area contributed by atoms with E-state index in [4.69, 9.17) is 22.1 Å². The largest absolute Gasteiger partial charge is 0.454 e. The molecule has 13 heteroatoms. The van der Waals surface area contributed by atoms with Crippen LogP contribution in [0.25, 0.3) is 0 Å². The maximum Gasteiger partial charge on any atom is 0.416 e. The second kappa shape index (κ2) is 11.5. The number of rotatable bonds is 9. The molecule has 0 saturated heterocycles. The first-order valence-corrected chi connectivity index (χ1v) is 9.92. The molecule has 2 rings (SSSR count). The fourth-order valence-corrected chi connectivity index (χ4v) is 2.76. The molecule has 0 aliphatic heterocycles. The summed E-state index contributed by atoms with van der Waals surface area (Å²) in [7, 11) is 0. The average molecular weight is 504 g/mol. The van der Waals surface area contributed by atoms with Crippen LogP contribution in [0.4, 0.5) is 23.2 Å². The van der Waals surface area contributed by atoms with Gasteiger partial charge in [-0.25, -0.2) is 9.18 Å². The van der Waals surface area contributed by atoms with Gasteiger partial charge in [-0.05, 0) is 48.9 Å². The lowest BCUT2D eigenvalue weighted by molar-refractivity contribution is -0.149. The number of anilines is 1. The number of amides is 3. The first kappa shape index (κ1) is 26.6. The molecular weight excluding hydrogens is 486 g/mol. The standard InChI is InChI=1S/C21H18ClF4N3O5/c22-14-6-3-12(21(24,25)26)9-16(14)28-18(31)10-34-20(33)15(7-8-17(27)30)29-19(32)11-1-4-13(23)5-2-11/h1-6,9,15H,7-8,10H2,(H2,27,30)(H,28,31)(H,29,32). The van der Waals surface area contributed by atoms with E-state index < -0.39 is 53.9 Å². The Morgan fingerprint density at radius 1 is 1.06 bits per heavy atom. The van der Waals surface area contributed by atoms with Crippen molar-refractivity contribution in [1.82, 2.24) is 5.32 Å². The van der Waals surface area contributed by atoms with E-state index in [2.05, 4.69) is 10.6 Å². The maximum absolute atomic E-state index is 13.0. The summed E-state index contributed by atoms with van der Waals surface area (Å²) in [5, 5.41) is 4.21. The number of carbonyl (C=O) groups is 4. The van der Waals surface area contributed by atoms with Crippen LogP contribution in [0.1, 0.15) is 28.8 Å². The van der Waals surface area contributed by atoms with Crippen LogP contribution < -0.4 is 16.4 Å². The summed E-state index contributed by atoms with van der Waals surface area (Å²) < 4.78 is 56.4. The predicted octanol–water partition coefficient (Wildman–Crippen LogP) is 3.04. The third-order valence-electron chi connectivity index (χ3n) is 4.29. The molecule has 0 aliphatic rings. The van der Waals surface area contributed by atoms with Crippen LogP contribution in [-0.4, -0.2) is 36.3 Å².